The average Bonchev–Trinajstić information content (AvgIpc) is 2.30. The lowest BCUT2D eigenvalue weighted by atomic mass is 10.1. The third-order valence-corrected chi connectivity index (χ3v) is 1.81. The van der Waals surface area contributed by atoms with E-state index in [4.69, 9.17) is 14.7 Å². The van der Waals surface area contributed by atoms with Gasteiger partial charge in [-0.3, -0.25) is 0 Å². The number of benzene rings is 1. The van der Waals surface area contributed by atoms with Crippen molar-refractivity contribution in [2.75, 3.05) is 20.5 Å². The summed E-state index contributed by atoms with van der Waals surface area (Å²) in [6.45, 7) is 0.621. The molecule has 0 bridgehead atoms. The Hall–Kier alpha value is -1.63. The summed E-state index contributed by atoms with van der Waals surface area (Å²) in [7, 11) is 1.56. The molecule has 0 unspecified atom stereocenters. The molecule has 0 radical (unpaired) electrons. The molecule has 0 spiro atoms. The van der Waals surface area contributed by atoms with Crippen molar-refractivity contribution in [3.63, 3.8) is 0 Å². The van der Waals surface area contributed by atoms with Crippen LogP contribution in [0.1, 0.15) is 5.56 Å². The van der Waals surface area contributed by atoms with Crippen molar-refractivity contribution in [3.8, 4) is 6.07 Å². The van der Waals surface area contributed by atoms with Crippen molar-refractivity contribution in [2.24, 2.45) is 0 Å². The first kappa shape index (κ1) is 11.4. The molecule has 0 aromatic heterocycles. The van der Waals surface area contributed by atoms with Crippen molar-refractivity contribution in [2.45, 2.75) is 0 Å². The zero-order valence-corrected chi connectivity index (χ0v) is 8.64. The van der Waals surface area contributed by atoms with Gasteiger partial charge in [-0.1, -0.05) is 30.3 Å². The lowest BCUT2D eigenvalue weighted by Gasteiger charge is -2.00. The number of nitrogens with zero attached hydrogens (tertiary/aromatic N) is 1. The minimum absolute atomic E-state index is 0.240. The van der Waals surface area contributed by atoms with Crippen LogP contribution >= 0.6 is 0 Å². The van der Waals surface area contributed by atoms with Crippen LogP contribution in [-0.2, 0) is 9.47 Å². The zero-order chi connectivity index (χ0) is 10.9. The SMILES string of the molecule is COCOC/C=C(/C#N)c1ccccc1. The van der Waals surface area contributed by atoms with Gasteiger partial charge in [0.1, 0.15) is 6.79 Å². The van der Waals surface area contributed by atoms with E-state index in [0.29, 0.717) is 12.2 Å². The van der Waals surface area contributed by atoms with Crippen LogP contribution in [0, 0.1) is 11.3 Å². The summed E-state index contributed by atoms with van der Waals surface area (Å²) < 4.78 is 9.82. The number of rotatable bonds is 5. The summed E-state index contributed by atoms with van der Waals surface area (Å²) in [6.07, 6.45) is 1.74. The Morgan fingerprint density at radius 1 is 1.40 bits per heavy atom. The highest BCUT2D eigenvalue weighted by molar-refractivity contribution is 5.76. The van der Waals surface area contributed by atoms with E-state index in [1.807, 2.05) is 30.3 Å². The maximum atomic E-state index is 8.93. The second-order valence-electron chi connectivity index (χ2n) is 2.87. The topological polar surface area (TPSA) is 42.2 Å². The molecule has 0 atom stereocenters. The van der Waals surface area contributed by atoms with Crippen molar-refractivity contribution in [1.82, 2.24) is 0 Å². The minimum Gasteiger partial charge on any atom is -0.359 e. The van der Waals surface area contributed by atoms with Gasteiger partial charge in [0.15, 0.2) is 0 Å². The number of nitriles is 1. The summed E-state index contributed by atoms with van der Waals surface area (Å²) in [6, 6.07) is 11.6. The first-order valence-corrected chi connectivity index (χ1v) is 4.61. The van der Waals surface area contributed by atoms with Crippen LogP contribution < -0.4 is 0 Å². The molecule has 3 heteroatoms. The Kier molecular flexibility index (Phi) is 5.16. The van der Waals surface area contributed by atoms with Gasteiger partial charge in [0.2, 0.25) is 0 Å². The van der Waals surface area contributed by atoms with Gasteiger partial charge in [0.05, 0.1) is 18.2 Å². The smallest absolute Gasteiger partial charge is 0.146 e. The van der Waals surface area contributed by atoms with Crippen LogP contribution in [-0.4, -0.2) is 20.5 Å². The first-order chi connectivity index (χ1) is 7.38. The van der Waals surface area contributed by atoms with Gasteiger partial charge >= 0.3 is 0 Å². The highest BCUT2D eigenvalue weighted by atomic mass is 16.7. The Morgan fingerprint density at radius 2 is 2.13 bits per heavy atom. The molecule has 0 aliphatic heterocycles. The molecule has 1 aromatic rings. The van der Waals surface area contributed by atoms with Gasteiger partial charge in [0.25, 0.3) is 0 Å². The molecule has 3 nitrogen and oxygen atoms in total. The van der Waals surface area contributed by atoms with Crippen LogP contribution in [0.15, 0.2) is 36.4 Å². The minimum atomic E-state index is 0.240. The third-order valence-electron chi connectivity index (χ3n) is 1.81. The largest absolute Gasteiger partial charge is 0.359 e. The highest BCUT2D eigenvalue weighted by Gasteiger charge is 1.97. The first-order valence-electron chi connectivity index (χ1n) is 4.61. The average molecular weight is 203 g/mol. The number of hydrogen-bond donors (Lipinski definition) is 0. The fourth-order valence-electron chi connectivity index (χ4n) is 1.12. The van der Waals surface area contributed by atoms with Gasteiger partial charge < -0.3 is 9.47 Å². The molecule has 0 saturated heterocycles. The van der Waals surface area contributed by atoms with Crippen molar-refractivity contribution in [1.29, 1.82) is 5.26 Å². The Labute approximate surface area is 89.6 Å². The normalized spacial score (nSPS) is 11.1. The van der Waals surface area contributed by atoms with Gasteiger partial charge in [-0.2, -0.15) is 5.26 Å². The van der Waals surface area contributed by atoms with Crippen LogP contribution in [0.3, 0.4) is 0 Å². The number of allylic oxidation sites excluding steroid dienone is 1. The van der Waals surface area contributed by atoms with E-state index in [9.17, 15) is 0 Å². The predicted octanol–water partition coefficient (Wildman–Crippen LogP) is 2.21. The summed E-state index contributed by atoms with van der Waals surface area (Å²) >= 11 is 0. The third kappa shape index (κ3) is 3.94. The molecular formula is C12H13NO2. The Bertz CT molecular complexity index is 352. The molecule has 0 aliphatic rings. The fraction of sp³-hybridized carbons (Fsp3) is 0.250. The van der Waals surface area contributed by atoms with Gasteiger partial charge in [0, 0.05) is 7.11 Å². The zero-order valence-electron chi connectivity index (χ0n) is 8.64. The lowest BCUT2D eigenvalue weighted by Crippen LogP contribution is -1.96. The van der Waals surface area contributed by atoms with Crippen LogP contribution in [0.25, 0.3) is 5.57 Å². The second-order valence-corrected chi connectivity index (χ2v) is 2.87. The second kappa shape index (κ2) is 6.77. The number of methoxy groups -OCH3 is 1. The summed E-state index contributed by atoms with van der Waals surface area (Å²) in [4.78, 5) is 0. The van der Waals surface area contributed by atoms with Crippen LogP contribution in [0.5, 0.6) is 0 Å². The fourth-order valence-corrected chi connectivity index (χ4v) is 1.12. The molecule has 0 heterocycles. The van der Waals surface area contributed by atoms with E-state index in [0.717, 1.165) is 5.56 Å². The van der Waals surface area contributed by atoms with E-state index in [1.165, 1.54) is 0 Å². The molecule has 78 valence electrons. The molecule has 1 rings (SSSR count). The molecule has 0 amide bonds. The number of ether oxygens (including phenoxy) is 2. The van der Waals surface area contributed by atoms with Gasteiger partial charge in [-0.25, -0.2) is 0 Å². The maximum absolute atomic E-state index is 8.93. The van der Waals surface area contributed by atoms with Gasteiger partial charge in [-0.05, 0) is 11.6 Å². The standard InChI is InChI=1S/C12H13NO2/c1-14-10-15-8-7-12(9-13)11-5-3-2-4-6-11/h2-7H,8,10H2,1H3/b12-7-. The lowest BCUT2D eigenvalue weighted by molar-refractivity contribution is -0.0185. The summed E-state index contributed by atoms with van der Waals surface area (Å²) in [5.41, 5.74) is 1.52. The highest BCUT2D eigenvalue weighted by Crippen LogP contribution is 2.12. The van der Waals surface area contributed by atoms with Crippen molar-refractivity contribution < 1.29 is 9.47 Å². The number of hydrogen-bond acceptors (Lipinski definition) is 3. The Morgan fingerprint density at radius 3 is 2.73 bits per heavy atom. The summed E-state index contributed by atoms with van der Waals surface area (Å²) in [5, 5.41) is 8.93. The van der Waals surface area contributed by atoms with Gasteiger partial charge in [-0.15, -0.1) is 0 Å². The maximum Gasteiger partial charge on any atom is 0.146 e. The molecule has 0 aliphatic carbocycles. The molecule has 0 fully saturated rings. The predicted molar refractivity (Wildman–Crippen MR) is 57.9 cm³/mol. The molecule has 0 N–H and O–H groups in total. The van der Waals surface area contributed by atoms with E-state index in [-0.39, 0.29) is 6.79 Å². The van der Waals surface area contributed by atoms with Crippen LogP contribution in [0.4, 0.5) is 0 Å². The van der Waals surface area contributed by atoms with E-state index in [1.54, 1.807) is 13.2 Å². The summed E-state index contributed by atoms with van der Waals surface area (Å²) in [5.74, 6) is 0. The van der Waals surface area contributed by atoms with Crippen molar-refractivity contribution >= 4 is 5.57 Å². The molecular weight excluding hydrogens is 190 g/mol. The van der Waals surface area contributed by atoms with Crippen LogP contribution in [0.2, 0.25) is 0 Å². The monoisotopic (exact) mass is 203 g/mol. The quantitative estimate of drug-likeness (QED) is 0.418. The molecule has 0 saturated carbocycles. The molecule has 15 heavy (non-hydrogen) atoms. The van der Waals surface area contributed by atoms with E-state index in [2.05, 4.69) is 6.07 Å². The Balaban J connectivity index is 2.61. The van der Waals surface area contributed by atoms with E-state index < -0.39 is 0 Å². The van der Waals surface area contributed by atoms with E-state index >= 15 is 0 Å². The molecule has 1 aromatic carbocycles. The van der Waals surface area contributed by atoms with Crippen molar-refractivity contribution in [3.05, 3.63) is 42.0 Å².